The van der Waals surface area contributed by atoms with E-state index in [1.165, 1.54) is 0 Å². The zero-order valence-corrected chi connectivity index (χ0v) is 12.9. The van der Waals surface area contributed by atoms with Gasteiger partial charge in [0, 0.05) is 29.7 Å². The lowest BCUT2D eigenvalue weighted by Crippen LogP contribution is -2.33. The molecule has 112 valence electrons. The van der Waals surface area contributed by atoms with E-state index in [0.717, 1.165) is 48.8 Å². The van der Waals surface area contributed by atoms with Gasteiger partial charge in [0.2, 0.25) is 0 Å². The third-order valence-corrected chi connectivity index (χ3v) is 4.71. The predicted molar refractivity (Wildman–Crippen MR) is 86.2 cm³/mol. The first-order chi connectivity index (χ1) is 10.1. The van der Waals surface area contributed by atoms with Crippen molar-refractivity contribution in [1.82, 2.24) is 9.88 Å². The van der Waals surface area contributed by atoms with Gasteiger partial charge in [-0.25, -0.2) is 0 Å². The average molecular weight is 284 g/mol. The van der Waals surface area contributed by atoms with Gasteiger partial charge in [-0.2, -0.15) is 0 Å². The van der Waals surface area contributed by atoms with Crippen molar-refractivity contribution >= 4 is 10.9 Å². The minimum atomic E-state index is -0.735. The molecule has 1 fully saturated rings. The minimum Gasteiger partial charge on any atom is -0.385 e. The topological polar surface area (TPSA) is 36.4 Å². The Kier molecular flexibility index (Phi) is 3.96. The summed E-state index contributed by atoms with van der Waals surface area (Å²) in [6.07, 6.45) is 4.48. The fraction of sp³-hybridized carbons (Fsp3) is 0.500. The zero-order valence-electron chi connectivity index (χ0n) is 12.9. The Morgan fingerprint density at radius 3 is 2.81 bits per heavy atom. The maximum absolute atomic E-state index is 11.1. The second kappa shape index (κ2) is 5.74. The molecular weight excluding hydrogens is 260 g/mol. The van der Waals surface area contributed by atoms with Crippen LogP contribution in [-0.2, 0) is 5.60 Å². The van der Waals surface area contributed by atoms with Gasteiger partial charge in [-0.15, -0.1) is 0 Å². The number of para-hydroxylation sites is 1. The highest BCUT2D eigenvalue weighted by Crippen LogP contribution is 2.34. The molecule has 1 aromatic heterocycles. The van der Waals surface area contributed by atoms with Crippen LogP contribution in [0.25, 0.3) is 10.9 Å². The van der Waals surface area contributed by atoms with Crippen LogP contribution in [0.15, 0.2) is 36.5 Å². The Morgan fingerprint density at radius 2 is 2.00 bits per heavy atom. The number of rotatable bonds is 2. The monoisotopic (exact) mass is 284 g/mol. The maximum Gasteiger partial charge on any atom is 0.0924 e. The predicted octanol–water partition coefficient (Wildman–Crippen LogP) is 3.32. The molecule has 3 heteroatoms. The fourth-order valence-electron chi connectivity index (χ4n) is 3.27. The van der Waals surface area contributed by atoms with Crippen LogP contribution < -0.4 is 0 Å². The Balaban J connectivity index is 1.89. The summed E-state index contributed by atoms with van der Waals surface area (Å²) in [4.78, 5) is 6.96. The van der Waals surface area contributed by atoms with Crippen molar-refractivity contribution in [2.45, 2.75) is 44.8 Å². The van der Waals surface area contributed by atoms with Crippen LogP contribution in [-0.4, -0.2) is 34.1 Å². The SMILES string of the molecule is CC(C)N1CCCC(O)(c2cnc3ccccc3c2)CC1. The van der Waals surface area contributed by atoms with E-state index in [4.69, 9.17) is 0 Å². The van der Waals surface area contributed by atoms with E-state index in [-0.39, 0.29) is 0 Å². The van der Waals surface area contributed by atoms with Crippen LogP contribution in [0.1, 0.15) is 38.7 Å². The summed E-state index contributed by atoms with van der Waals surface area (Å²) in [7, 11) is 0. The summed E-state index contributed by atoms with van der Waals surface area (Å²) in [5.41, 5.74) is 1.22. The second-order valence-corrected chi connectivity index (χ2v) is 6.43. The van der Waals surface area contributed by atoms with Crippen LogP contribution in [0.2, 0.25) is 0 Å². The van der Waals surface area contributed by atoms with Gasteiger partial charge >= 0.3 is 0 Å². The molecule has 1 aromatic carbocycles. The van der Waals surface area contributed by atoms with Crippen LogP contribution in [0.5, 0.6) is 0 Å². The minimum absolute atomic E-state index is 0.544. The van der Waals surface area contributed by atoms with E-state index in [2.05, 4.69) is 35.9 Å². The number of benzene rings is 1. The van der Waals surface area contributed by atoms with Crippen molar-refractivity contribution in [2.24, 2.45) is 0 Å². The molecule has 1 saturated heterocycles. The van der Waals surface area contributed by atoms with E-state index in [1.54, 1.807) is 0 Å². The molecule has 3 rings (SSSR count). The van der Waals surface area contributed by atoms with E-state index >= 15 is 0 Å². The van der Waals surface area contributed by atoms with Crippen LogP contribution in [0.4, 0.5) is 0 Å². The Bertz CT molecular complexity index is 625. The number of likely N-dealkylation sites (tertiary alicyclic amines) is 1. The number of aromatic nitrogens is 1. The average Bonchev–Trinajstić information content (AvgIpc) is 2.70. The normalized spacial score (nSPS) is 24.4. The number of fused-ring (bicyclic) bond motifs is 1. The molecule has 1 atom stereocenters. The van der Waals surface area contributed by atoms with Gasteiger partial charge in [0.05, 0.1) is 11.1 Å². The number of pyridine rings is 1. The lowest BCUT2D eigenvalue weighted by Gasteiger charge is -2.28. The first-order valence-corrected chi connectivity index (χ1v) is 7.90. The quantitative estimate of drug-likeness (QED) is 0.919. The van der Waals surface area contributed by atoms with Crippen molar-refractivity contribution in [3.05, 3.63) is 42.1 Å². The highest BCUT2D eigenvalue weighted by atomic mass is 16.3. The van der Waals surface area contributed by atoms with Crippen molar-refractivity contribution in [3.8, 4) is 0 Å². The van der Waals surface area contributed by atoms with Gasteiger partial charge in [0.25, 0.3) is 0 Å². The second-order valence-electron chi connectivity index (χ2n) is 6.43. The Labute approximate surface area is 126 Å². The third kappa shape index (κ3) is 2.94. The molecule has 0 radical (unpaired) electrons. The molecule has 1 unspecified atom stereocenters. The molecule has 3 nitrogen and oxygen atoms in total. The molecular formula is C18H24N2O. The molecule has 0 spiro atoms. The summed E-state index contributed by atoms with van der Waals surface area (Å²) in [6, 6.07) is 10.7. The number of aliphatic hydroxyl groups is 1. The summed E-state index contributed by atoms with van der Waals surface area (Å²) in [5, 5.41) is 12.2. The molecule has 1 aliphatic rings. The standard InChI is InChI=1S/C18H24N2O/c1-14(2)20-10-5-8-18(21,9-11-20)16-12-15-6-3-4-7-17(15)19-13-16/h3-4,6-7,12-14,21H,5,8-11H2,1-2H3. The molecule has 0 saturated carbocycles. The van der Waals surface area contributed by atoms with Crippen molar-refractivity contribution in [2.75, 3.05) is 13.1 Å². The largest absolute Gasteiger partial charge is 0.385 e. The van der Waals surface area contributed by atoms with E-state index < -0.39 is 5.60 Å². The Morgan fingerprint density at radius 1 is 1.19 bits per heavy atom. The van der Waals surface area contributed by atoms with Crippen LogP contribution >= 0.6 is 0 Å². The Hall–Kier alpha value is -1.45. The molecule has 0 aliphatic carbocycles. The van der Waals surface area contributed by atoms with E-state index in [9.17, 15) is 5.11 Å². The molecule has 1 aliphatic heterocycles. The first kappa shape index (κ1) is 14.5. The maximum atomic E-state index is 11.1. The van der Waals surface area contributed by atoms with Gasteiger partial charge in [0.15, 0.2) is 0 Å². The lowest BCUT2D eigenvalue weighted by molar-refractivity contribution is 0.0202. The summed E-state index contributed by atoms with van der Waals surface area (Å²) < 4.78 is 0. The number of nitrogens with zero attached hydrogens (tertiary/aromatic N) is 2. The summed E-state index contributed by atoms with van der Waals surface area (Å²) >= 11 is 0. The molecule has 0 amide bonds. The third-order valence-electron chi connectivity index (χ3n) is 4.71. The highest BCUT2D eigenvalue weighted by molar-refractivity contribution is 5.78. The van der Waals surface area contributed by atoms with Crippen molar-refractivity contribution in [1.29, 1.82) is 0 Å². The molecule has 1 N–H and O–H groups in total. The molecule has 2 heterocycles. The molecule has 0 bridgehead atoms. The first-order valence-electron chi connectivity index (χ1n) is 7.90. The van der Waals surface area contributed by atoms with E-state index in [0.29, 0.717) is 6.04 Å². The number of hydrogen-bond acceptors (Lipinski definition) is 3. The van der Waals surface area contributed by atoms with Crippen LogP contribution in [0, 0.1) is 0 Å². The fourth-order valence-corrected chi connectivity index (χ4v) is 3.27. The van der Waals surface area contributed by atoms with Gasteiger partial charge in [-0.05, 0) is 51.8 Å². The van der Waals surface area contributed by atoms with Gasteiger partial charge in [0.1, 0.15) is 0 Å². The highest BCUT2D eigenvalue weighted by Gasteiger charge is 2.32. The van der Waals surface area contributed by atoms with Crippen LogP contribution in [0.3, 0.4) is 0 Å². The number of hydrogen-bond donors (Lipinski definition) is 1. The smallest absolute Gasteiger partial charge is 0.0924 e. The van der Waals surface area contributed by atoms with Crippen molar-refractivity contribution in [3.63, 3.8) is 0 Å². The molecule has 21 heavy (non-hydrogen) atoms. The van der Waals surface area contributed by atoms with Crippen molar-refractivity contribution < 1.29 is 5.11 Å². The zero-order chi connectivity index (χ0) is 14.9. The van der Waals surface area contributed by atoms with Gasteiger partial charge in [-0.3, -0.25) is 4.98 Å². The lowest BCUT2D eigenvalue weighted by atomic mass is 9.87. The molecule has 2 aromatic rings. The van der Waals surface area contributed by atoms with Gasteiger partial charge < -0.3 is 10.0 Å². The summed E-state index contributed by atoms with van der Waals surface area (Å²) in [5.74, 6) is 0. The van der Waals surface area contributed by atoms with Gasteiger partial charge in [-0.1, -0.05) is 18.2 Å². The van der Waals surface area contributed by atoms with E-state index in [1.807, 2.05) is 24.4 Å². The summed E-state index contributed by atoms with van der Waals surface area (Å²) in [6.45, 7) is 6.46.